The molecule has 0 unspecified atom stereocenters. The predicted molar refractivity (Wildman–Crippen MR) is 218 cm³/mol. The maximum absolute atomic E-state index is 10.7. The minimum Gasteiger partial charge on any atom is -0.473 e. The van der Waals surface area contributed by atoms with Crippen LogP contribution in [0.5, 0.6) is 0 Å². The van der Waals surface area contributed by atoms with E-state index in [0.29, 0.717) is 0 Å². The molecule has 0 amide bonds. The summed E-state index contributed by atoms with van der Waals surface area (Å²) in [6.45, 7) is 16.2. The zero-order valence-electron chi connectivity index (χ0n) is 33.7. The first kappa shape index (κ1) is 50.1. The van der Waals surface area contributed by atoms with Gasteiger partial charge in [0.25, 0.3) is 11.4 Å². The summed E-state index contributed by atoms with van der Waals surface area (Å²) in [6.07, 6.45) is 22.6. The van der Waals surface area contributed by atoms with E-state index < -0.39 is 11.9 Å². The Morgan fingerprint density at radius 2 is 0.759 bits per heavy atom. The Morgan fingerprint density at radius 1 is 0.463 bits per heavy atom. The molecule has 0 bridgehead atoms. The number of aryl methyl sites for hydroxylation is 2. The largest absolute Gasteiger partial charge is 0.473 e. The van der Waals surface area contributed by atoms with Crippen molar-refractivity contribution in [2.75, 3.05) is 39.3 Å². The predicted octanol–water partition coefficient (Wildman–Crippen LogP) is 10.4. The Kier molecular flexibility index (Phi) is 31.2. The summed E-state index contributed by atoms with van der Waals surface area (Å²) in [5, 5.41) is 36.1. The summed E-state index contributed by atoms with van der Waals surface area (Å²) < 4.78 is 0. The summed E-state index contributed by atoms with van der Waals surface area (Å²) in [6, 6.07) is 14.0. The number of rotatable bonds is 28. The molecule has 0 aromatic heterocycles. The molecule has 0 atom stereocenters. The molecule has 0 fully saturated rings. The van der Waals surface area contributed by atoms with Gasteiger partial charge < -0.3 is 20.0 Å². The van der Waals surface area contributed by atoms with Crippen molar-refractivity contribution in [3.05, 3.63) is 79.9 Å². The van der Waals surface area contributed by atoms with Crippen molar-refractivity contribution < 1.29 is 29.6 Å². The van der Waals surface area contributed by atoms with E-state index in [-0.39, 0.29) is 21.2 Å². The van der Waals surface area contributed by atoms with Crippen molar-refractivity contribution in [2.45, 2.75) is 143 Å². The minimum absolute atomic E-state index is 0.177. The third-order valence-electron chi connectivity index (χ3n) is 9.09. The number of non-ortho nitro benzene ring substituents is 2. The van der Waals surface area contributed by atoms with E-state index in [1.165, 1.54) is 140 Å². The lowest BCUT2D eigenvalue weighted by Gasteiger charge is -2.21. The van der Waals surface area contributed by atoms with E-state index in [1.807, 2.05) is 24.3 Å². The molecule has 0 aliphatic heterocycles. The first-order chi connectivity index (χ1) is 26.0. The number of nitro benzene ring substituents is 2. The van der Waals surface area contributed by atoms with Crippen LogP contribution in [0.2, 0.25) is 0 Å². The van der Waals surface area contributed by atoms with E-state index >= 15 is 0 Å². The van der Waals surface area contributed by atoms with Gasteiger partial charge in [0.15, 0.2) is 0 Å². The highest BCUT2D eigenvalue weighted by Crippen LogP contribution is 2.16. The van der Waals surface area contributed by atoms with Crippen molar-refractivity contribution in [1.29, 1.82) is 0 Å². The molecule has 0 spiro atoms. The van der Waals surface area contributed by atoms with Crippen LogP contribution in [0.15, 0.2) is 48.5 Å². The second kappa shape index (κ2) is 33.7. The second-order valence-corrected chi connectivity index (χ2v) is 13.9. The molecule has 0 radical (unpaired) electrons. The Morgan fingerprint density at radius 3 is 1.02 bits per heavy atom. The molecule has 2 N–H and O–H groups in total. The lowest BCUT2D eigenvalue weighted by atomic mass is 10.1. The second-order valence-electron chi connectivity index (χ2n) is 13.9. The summed E-state index contributed by atoms with van der Waals surface area (Å²) in [5.41, 5.74) is 2.75. The number of hydrogen-bond donors (Lipinski definition) is 2. The lowest BCUT2D eigenvalue weighted by molar-refractivity contribution is -0.385. The highest BCUT2D eigenvalue weighted by atomic mass is 16.6. The van der Waals surface area contributed by atoms with Crippen LogP contribution >= 0.6 is 0 Å². The molecular weight excluding hydrogens is 688 g/mol. The molecule has 12 heteroatoms. The van der Waals surface area contributed by atoms with E-state index in [4.69, 9.17) is 19.8 Å². The Labute approximate surface area is 324 Å². The third kappa shape index (κ3) is 27.7. The number of carboxylic acid groups (broad SMARTS) is 2. The summed E-state index contributed by atoms with van der Waals surface area (Å²) in [5.74, 6) is -3.65. The first-order valence-corrected chi connectivity index (χ1v) is 20.4. The van der Waals surface area contributed by atoms with Gasteiger partial charge in [-0.3, -0.25) is 20.2 Å². The van der Waals surface area contributed by atoms with Gasteiger partial charge in [-0.1, -0.05) is 103 Å². The lowest BCUT2D eigenvalue weighted by Crippen LogP contribution is -2.27. The first-order valence-electron chi connectivity index (χ1n) is 20.4. The number of aliphatic carboxylic acids is 2. The van der Waals surface area contributed by atoms with Crippen molar-refractivity contribution in [3.8, 4) is 0 Å². The molecule has 0 aliphatic carbocycles. The number of nitrogens with zero attached hydrogens (tertiary/aromatic N) is 4. The minimum atomic E-state index is -1.82. The maximum Gasteiger partial charge on any atom is 0.414 e. The topological polar surface area (TPSA) is 167 Å². The molecule has 0 saturated carbocycles. The molecule has 2 aromatic rings. The standard InChI is InChI=1S/2C20H34N2O2.C2H2O4/c2*1-3-5-6-7-9-17-21(16-4-2)18-10-8-11-19-12-14-20(15-13-19)22(23)24;3-1(4)2(5)6/h2*12-15H,3-11,16-18H2,1-2H3;(H,3,4)(H,5,6). The molecule has 0 saturated heterocycles. The van der Waals surface area contributed by atoms with Crippen LogP contribution in [-0.4, -0.2) is 81.1 Å². The highest BCUT2D eigenvalue weighted by Gasteiger charge is 2.08. The summed E-state index contributed by atoms with van der Waals surface area (Å²) >= 11 is 0. The van der Waals surface area contributed by atoms with Gasteiger partial charge in [0.05, 0.1) is 9.85 Å². The number of benzene rings is 2. The van der Waals surface area contributed by atoms with Crippen LogP contribution in [0, 0.1) is 20.2 Å². The highest BCUT2D eigenvalue weighted by molar-refractivity contribution is 6.27. The average Bonchev–Trinajstić information content (AvgIpc) is 3.15. The van der Waals surface area contributed by atoms with Crippen molar-refractivity contribution in [1.82, 2.24) is 9.80 Å². The van der Waals surface area contributed by atoms with Gasteiger partial charge in [-0.05, 0) is 115 Å². The zero-order valence-corrected chi connectivity index (χ0v) is 33.7. The van der Waals surface area contributed by atoms with Crippen LogP contribution in [0.25, 0.3) is 0 Å². The van der Waals surface area contributed by atoms with E-state index in [1.54, 1.807) is 24.3 Å². The number of unbranched alkanes of at least 4 members (excludes halogenated alkanes) is 10. The third-order valence-corrected chi connectivity index (χ3v) is 9.09. The van der Waals surface area contributed by atoms with Crippen LogP contribution in [-0.2, 0) is 22.4 Å². The quantitative estimate of drug-likeness (QED) is 0.0369. The number of nitro groups is 2. The van der Waals surface area contributed by atoms with E-state index in [2.05, 4.69) is 37.5 Å². The van der Waals surface area contributed by atoms with Crippen molar-refractivity contribution >= 4 is 23.3 Å². The average molecular weight is 759 g/mol. The number of hydrogen-bond acceptors (Lipinski definition) is 8. The molecule has 54 heavy (non-hydrogen) atoms. The molecular formula is C42H70N4O8. The molecule has 0 heterocycles. The Hall–Kier alpha value is -3.90. The van der Waals surface area contributed by atoms with Gasteiger partial charge in [0.2, 0.25) is 0 Å². The van der Waals surface area contributed by atoms with Crippen LogP contribution < -0.4 is 0 Å². The summed E-state index contributed by atoms with van der Waals surface area (Å²) in [7, 11) is 0. The van der Waals surface area contributed by atoms with E-state index in [0.717, 1.165) is 25.7 Å². The van der Waals surface area contributed by atoms with Gasteiger partial charge in [-0.2, -0.15) is 0 Å². The van der Waals surface area contributed by atoms with Crippen molar-refractivity contribution in [2.24, 2.45) is 0 Å². The Balaban J connectivity index is 0.000000903. The molecule has 2 aromatic carbocycles. The molecule has 306 valence electrons. The normalized spacial score (nSPS) is 10.7. The maximum atomic E-state index is 10.7. The van der Waals surface area contributed by atoms with Gasteiger partial charge in [0, 0.05) is 24.3 Å². The van der Waals surface area contributed by atoms with Gasteiger partial charge in [-0.15, -0.1) is 0 Å². The summed E-state index contributed by atoms with van der Waals surface area (Å²) in [4.78, 5) is 44.0. The zero-order chi connectivity index (χ0) is 40.4. The molecule has 0 aliphatic rings. The number of carboxylic acids is 2. The fourth-order valence-corrected chi connectivity index (χ4v) is 6.08. The van der Waals surface area contributed by atoms with Crippen LogP contribution in [0.4, 0.5) is 11.4 Å². The molecule has 12 nitrogen and oxygen atoms in total. The monoisotopic (exact) mass is 759 g/mol. The van der Waals surface area contributed by atoms with Gasteiger partial charge >= 0.3 is 11.9 Å². The fraction of sp³-hybridized carbons (Fsp3) is 0.667. The fourth-order valence-electron chi connectivity index (χ4n) is 6.08. The van der Waals surface area contributed by atoms with Gasteiger partial charge in [0.1, 0.15) is 0 Å². The Bertz CT molecular complexity index is 1160. The van der Waals surface area contributed by atoms with Crippen LogP contribution in [0.3, 0.4) is 0 Å². The van der Waals surface area contributed by atoms with Crippen LogP contribution in [0.1, 0.15) is 142 Å². The van der Waals surface area contributed by atoms with Crippen molar-refractivity contribution in [3.63, 3.8) is 0 Å². The SMILES string of the molecule is CCCCCCCN(CCC)CCCCc1ccc([N+](=O)[O-])cc1.CCCCCCCN(CCC)CCCCc1ccc([N+](=O)[O-])cc1.O=C(O)C(=O)O. The van der Waals surface area contributed by atoms with Gasteiger partial charge in [-0.25, -0.2) is 9.59 Å². The smallest absolute Gasteiger partial charge is 0.414 e. The number of carbonyl (C=O) groups is 2. The molecule has 2 rings (SSSR count). The van der Waals surface area contributed by atoms with E-state index in [9.17, 15) is 20.2 Å².